The summed E-state index contributed by atoms with van der Waals surface area (Å²) in [6, 6.07) is 10.6. The van der Waals surface area contributed by atoms with Crippen molar-refractivity contribution in [3.63, 3.8) is 0 Å². The second-order valence-corrected chi connectivity index (χ2v) is 6.59. The van der Waals surface area contributed by atoms with Gasteiger partial charge in [0.05, 0.1) is 0 Å². The maximum Gasteiger partial charge on any atom is 0.251 e. The minimum atomic E-state index is -0.886. The first kappa shape index (κ1) is 18.0. The summed E-state index contributed by atoms with van der Waals surface area (Å²) >= 11 is 0. The Hall–Kier alpha value is -1.39. The third kappa shape index (κ3) is 5.63. The molecule has 23 heavy (non-hydrogen) atoms. The van der Waals surface area contributed by atoms with E-state index in [-0.39, 0.29) is 5.91 Å². The van der Waals surface area contributed by atoms with Gasteiger partial charge in [-0.25, -0.2) is 0 Å². The molecule has 1 unspecified atom stereocenters. The highest BCUT2D eigenvalue weighted by molar-refractivity contribution is 5.80. The summed E-state index contributed by atoms with van der Waals surface area (Å²) in [6.07, 6.45) is 2.56. The smallest absolute Gasteiger partial charge is 0.251 e. The van der Waals surface area contributed by atoms with Crippen LogP contribution in [0.1, 0.15) is 38.7 Å². The van der Waals surface area contributed by atoms with Crippen LogP contribution in [0.25, 0.3) is 0 Å². The number of aliphatic hydroxyl groups is 1. The van der Waals surface area contributed by atoms with Crippen LogP contribution in [0, 0.1) is 5.92 Å². The van der Waals surface area contributed by atoms with Crippen molar-refractivity contribution in [2.24, 2.45) is 5.92 Å². The average molecular weight is 318 g/mol. The van der Waals surface area contributed by atoms with Crippen molar-refractivity contribution >= 4 is 5.91 Å². The number of carbonyl (C=O) groups is 1. The zero-order valence-electron chi connectivity index (χ0n) is 14.4. The Morgan fingerprint density at radius 3 is 2.52 bits per heavy atom. The van der Waals surface area contributed by atoms with E-state index in [2.05, 4.69) is 35.2 Å². The molecule has 0 spiro atoms. The van der Waals surface area contributed by atoms with Gasteiger partial charge in [0.25, 0.3) is 5.91 Å². The number of likely N-dealkylation sites (N-methyl/N-ethyl adjacent to an activating group) is 1. The summed E-state index contributed by atoms with van der Waals surface area (Å²) in [7, 11) is 0. The Balaban J connectivity index is 1.71. The Kier molecular flexibility index (Phi) is 7.06. The molecule has 1 N–H and O–H groups in total. The van der Waals surface area contributed by atoms with E-state index in [0.29, 0.717) is 12.5 Å². The number of hydrogen-bond acceptors (Lipinski definition) is 3. The molecule has 2 rings (SSSR count). The van der Waals surface area contributed by atoms with Gasteiger partial charge in [-0.05, 0) is 57.7 Å². The van der Waals surface area contributed by atoms with Gasteiger partial charge in [0.2, 0.25) is 0 Å². The normalized spacial score (nSPS) is 17.9. The van der Waals surface area contributed by atoms with Crippen LogP contribution >= 0.6 is 0 Å². The van der Waals surface area contributed by atoms with Crippen molar-refractivity contribution in [1.82, 2.24) is 9.80 Å². The molecular weight excluding hydrogens is 288 g/mol. The molecule has 1 heterocycles. The van der Waals surface area contributed by atoms with Gasteiger partial charge in [0.15, 0.2) is 0 Å². The zero-order chi connectivity index (χ0) is 16.7. The molecule has 0 radical (unpaired) electrons. The first-order valence-electron chi connectivity index (χ1n) is 8.83. The number of benzene rings is 1. The molecular formula is C19H30N2O2. The monoisotopic (exact) mass is 318 g/mol. The minimum Gasteiger partial charge on any atom is -0.384 e. The van der Waals surface area contributed by atoms with E-state index in [9.17, 15) is 9.90 Å². The molecule has 0 aromatic heterocycles. The van der Waals surface area contributed by atoms with Crippen LogP contribution in [0.4, 0.5) is 0 Å². The third-order valence-electron chi connectivity index (χ3n) is 4.81. The van der Waals surface area contributed by atoms with Crippen LogP contribution < -0.4 is 0 Å². The van der Waals surface area contributed by atoms with Crippen molar-refractivity contribution in [1.29, 1.82) is 0 Å². The Morgan fingerprint density at radius 2 is 1.96 bits per heavy atom. The Bertz CT molecular complexity index is 468. The summed E-state index contributed by atoms with van der Waals surface area (Å²) in [5.74, 6) is 0.548. The fourth-order valence-corrected chi connectivity index (χ4v) is 3.30. The Labute approximate surface area is 140 Å². The van der Waals surface area contributed by atoms with Crippen molar-refractivity contribution < 1.29 is 9.90 Å². The lowest BCUT2D eigenvalue weighted by Gasteiger charge is -2.33. The molecule has 1 aromatic rings. The van der Waals surface area contributed by atoms with Gasteiger partial charge in [0, 0.05) is 19.6 Å². The third-order valence-corrected chi connectivity index (χ3v) is 4.81. The summed E-state index contributed by atoms with van der Waals surface area (Å²) in [6.45, 7) is 8.28. The number of piperidine rings is 1. The molecule has 1 fully saturated rings. The predicted molar refractivity (Wildman–Crippen MR) is 93.0 cm³/mol. The molecule has 4 heteroatoms. The van der Waals surface area contributed by atoms with Crippen molar-refractivity contribution in [2.45, 2.75) is 45.8 Å². The first-order chi connectivity index (χ1) is 11.1. The van der Waals surface area contributed by atoms with Crippen molar-refractivity contribution in [3.8, 4) is 0 Å². The summed E-state index contributed by atoms with van der Waals surface area (Å²) in [4.78, 5) is 16.2. The molecule has 0 saturated carbocycles. The van der Waals surface area contributed by atoms with E-state index in [1.807, 2.05) is 6.92 Å². The van der Waals surface area contributed by atoms with Crippen molar-refractivity contribution in [3.05, 3.63) is 35.9 Å². The number of rotatable bonds is 7. The molecule has 1 amide bonds. The standard InChI is InChI=1S/C19H30N2O2/c1-3-21(19(23)16(2)22)14-11-17-9-12-20(13-10-17)15-18-7-5-4-6-8-18/h4-8,16-17,22H,3,9-15H2,1-2H3. The number of carbonyl (C=O) groups excluding carboxylic acids is 1. The lowest BCUT2D eigenvalue weighted by atomic mass is 9.93. The second kappa shape index (κ2) is 9.04. The lowest BCUT2D eigenvalue weighted by Crippen LogP contribution is -2.40. The number of nitrogens with zero attached hydrogens (tertiary/aromatic N) is 2. The molecule has 1 saturated heterocycles. The fourth-order valence-electron chi connectivity index (χ4n) is 3.30. The van der Waals surface area contributed by atoms with Gasteiger partial charge in [-0.3, -0.25) is 9.69 Å². The van der Waals surface area contributed by atoms with Crippen LogP contribution in [0.15, 0.2) is 30.3 Å². The zero-order valence-corrected chi connectivity index (χ0v) is 14.4. The maximum absolute atomic E-state index is 11.9. The van der Waals surface area contributed by atoms with E-state index in [1.54, 1.807) is 11.8 Å². The second-order valence-electron chi connectivity index (χ2n) is 6.59. The van der Waals surface area contributed by atoms with Gasteiger partial charge in [-0.15, -0.1) is 0 Å². The van der Waals surface area contributed by atoms with E-state index in [1.165, 1.54) is 18.4 Å². The number of amides is 1. The predicted octanol–water partition coefficient (Wildman–Crippen LogP) is 2.52. The first-order valence-corrected chi connectivity index (χ1v) is 8.83. The summed E-state index contributed by atoms with van der Waals surface area (Å²) in [5, 5.41) is 9.44. The van der Waals surface area contributed by atoms with Gasteiger partial charge in [0.1, 0.15) is 6.10 Å². The SMILES string of the molecule is CCN(CCC1CCN(Cc2ccccc2)CC1)C(=O)C(C)O. The van der Waals surface area contributed by atoms with Gasteiger partial charge in [-0.1, -0.05) is 30.3 Å². The molecule has 0 aliphatic carbocycles. The van der Waals surface area contributed by atoms with Crippen LogP contribution in [0.2, 0.25) is 0 Å². The quantitative estimate of drug-likeness (QED) is 0.840. The summed E-state index contributed by atoms with van der Waals surface area (Å²) < 4.78 is 0. The fraction of sp³-hybridized carbons (Fsp3) is 0.632. The van der Waals surface area contributed by atoms with Crippen LogP contribution in [0.3, 0.4) is 0 Å². The molecule has 128 valence electrons. The van der Waals surface area contributed by atoms with Crippen LogP contribution in [-0.2, 0) is 11.3 Å². The van der Waals surface area contributed by atoms with Crippen LogP contribution in [0.5, 0.6) is 0 Å². The number of aliphatic hydroxyl groups excluding tert-OH is 1. The minimum absolute atomic E-state index is 0.144. The molecule has 1 atom stereocenters. The van der Waals surface area contributed by atoms with E-state index in [0.717, 1.165) is 32.6 Å². The van der Waals surface area contributed by atoms with Crippen LogP contribution in [-0.4, -0.2) is 53.1 Å². The molecule has 1 aliphatic heterocycles. The highest BCUT2D eigenvalue weighted by Gasteiger charge is 2.22. The van der Waals surface area contributed by atoms with Crippen molar-refractivity contribution in [2.75, 3.05) is 26.2 Å². The number of hydrogen-bond donors (Lipinski definition) is 1. The molecule has 1 aromatic carbocycles. The van der Waals surface area contributed by atoms with E-state index < -0.39 is 6.10 Å². The van der Waals surface area contributed by atoms with E-state index in [4.69, 9.17) is 0 Å². The molecule has 0 bridgehead atoms. The molecule has 4 nitrogen and oxygen atoms in total. The average Bonchev–Trinajstić information content (AvgIpc) is 2.57. The Morgan fingerprint density at radius 1 is 1.30 bits per heavy atom. The van der Waals surface area contributed by atoms with Gasteiger partial charge in [-0.2, -0.15) is 0 Å². The van der Waals surface area contributed by atoms with Gasteiger partial charge >= 0.3 is 0 Å². The lowest BCUT2D eigenvalue weighted by molar-refractivity contribution is -0.139. The highest BCUT2D eigenvalue weighted by Crippen LogP contribution is 2.22. The van der Waals surface area contributed by atoms with E-state index >= 15 is 0 Å². The largest absolute Gasteiger partial charge is 0.384 e. The number of likely N-dealkylation sites (tertiary alicyclic amines) is 1. The summed E-state index contributed by atoms with van der Waals surface area (Å²) in [5.41, 5.74) is 1.38. The maximum atomic E-state index is 11.9. The topological polar surface area (TPSA) is 43.8 Å². The van der Waals surface area contributed by atoms with Gasteiger partial charge < -0.3 is 10.0 Å². The highest BCUT2D eigenvalue weighted by atomic mass is 16.3. The molecule has 1 aliphatic rings.